The van der Waals surface area contributed by atoms with Crippen LogP contribution in [0, 0.1) is 5.82 Å². The smallest absolute Gasteiger partial charge is 0.338 e. The summed E-state index contributed by atoms with van der Waals surface area (Å²) in [5.41, 5.74) is 5.57. The molecule has 2 aromatic carbocycles. The minimum absolute atomic E-state index is 0.252. The maximum absolute atomic E-state index is 13.5. The molecule has 5 heteroatoms. The lowest BCUT2D eigenvalue weighted by atomic mass is 10.2. The fourth-order valence-electron chi connectivity index (χ4n) is 1.44. The van der Waals surface area contributed by atoms with E-state index in [2.05, 4.69) is 0 Å². The number of hydrogen-bond acceptors (Lipinski definition) is 3. The van der Waals surface area contributed by atoms with Crippen molar-refractivity contribution < 1.29 is 14.3 Å². The molecule has 3 N–H and O–H groups in total. The van der Waals surface area contributed by atoms with Gasteiger partial charge in [0.15, 0.2) is 0 Å². The molecule has 0 radical (unpaired) electrons. The third-order valence-electron chi connectivity index (χ3n) is 2.30. The van der Waals surface area contributed by atoms with Gasteiger partial charge in [-0.1, -0.05) is 30.0 Å². The molecule has 0 aliphatic carbocycles. The van der Waals surface area contributed by atoms with Crippen LogP contribution in [-0.4, -0.2) is 11.1 Å². The summed E-state index contributed by atoms with van der Waals surface area (Å²) in [5.74, 6) is -2.11. The second kappa shape index (κ2) is 5.10. The number of aromatic carboxylic acids is 1. The second-order valence-electron chi connectivity index (χ2n) is 3.59. The highest BCUT2D eigenvalue weighted by Crippen LogP contribution is 2.33. The Morgan fingerprint density at radius 1 is 1.22 bits per heavy atom. The predicted octanol–water partition coefficient (Wildman–Crippen LogP) is 3.26. The first kappa shape index (κ1) is 12.4. The number of carbonyl (C=O) groups is 1. The van der Waals surface area contributed by atoms with E-state index in [1.54, 1.807) is 0 Å². The first-order valence-electron chi connectivity index (χ1n) is 5.13. The first-order valence-corrected chi connectivity index (χ1v) is 5.95. The number of rotatable bonds is 3. The van der Waals surface area contributed by atoms with Crippen LogP contribution in [-0.2, 0) is 0 Å². The van der Waals surface area contributed by atoms with Crippen molar-refractivity contribution in [2.75, 3.05) is 5.73 Å². The molecule has 0 spiro atoms. The number of anilines is 1. The number of nitrogen functional groups attached to an aromatic ring is 1. The molecule has 92 valence electrons. The third kappa shape index (κ3) is 2.62. The fraction of sp³-hybridized carbons (Fsp3) is 0. The Morgan fingerprint density at radius 2 is 1.89 bits per heavy atom. The standard InChI is InChI=1S/C13H10FNO2S/c14-10-7-12(11(15)6-9(10)13(16)17)18-8-4-2-1-3-5-8/h1-7H,15H2,(H,16,17). The molecule has 0 fully saturated rings. The van der Waals surface area contributed by atoms with Gasteiger partial charge in [-0.2, -0.15) is 0 Å². The van der Waals surface area contributed by atoms with Crippen molar-refractivity contribution in [1.82, 2.24) is 0 Å². The van der Waals surface area contributed by atoms with Gasteiger partial charge >= 0.3 is 5.97 Å². The van der Waals surface area contributed by atoms with Crippen LogP contribution < -0.4 is 5.73 Å². The van der Waals surface area contributed by atoms with Crippen molar-refractivity contribution in [3.63, 3.8) is 0 Å². The van der Waals surface area contributed by atoms with E-state index in [0.29, 0.717) is 4.90 Å². The number of nitrogens with two attached hydrogens (primary N) is 1. The van der Waals surface area contributed by atoms with E-state index in [1.165, 1.54) is 11.8 Å². The molecular weight excluding hydrogens is 253 g/mol. The monoisotopic (exact) mass is 263 g/mol. The van der Waals surface area contributed by atoms with Crippen LogP contribution in [0.1, 0.15) is 10.4 Å². The molecule has 3 nitrogen and oxygen atoms in total. The Hall–Kier alpha value is -2.01. The van der Waals surface area contributed by atoms with E-state index in [9.17, 15) is 9.18 Å². The number of halogens is 1. The number of hydrogen-bond donors (Lipinski definition) is 2. The van der Waals surface area contributed by atoms with E-state index >= 15 is 0 Å². The maximum atomic E-state index is 13.5. The predicted molar refractivity (Wildman–Crippen MR) is 68.3 cm³/mol. The van der Waals surface area contributed by atoms with Gasteiger partial charge in [-0.15, -0.1) is 0 Å². The van der Waals surface area contributed by atoms with Crippen molar-refractivity contribution in [1.29, 1.82) is 0 Å². The van der Waals surface area contributed by atoms with Crippen molar-refractivity contribution in [2.24, 2.45) is 0 Å². The van der Waals surface area contributed by atoms with Gasteiger partial charge in [0.1, 0.15) is 5.82 Å². The molecule has 0 saturated carbocycles. The van der Waals surface area contributed by atoms with Gasteiger partial charge in [0.05, 0.1) is 5.56 Å². The SMILES string of the molecule is Nc1cc(C(=O)O)c(F)cc1Sc1ccccc1. The molecule has 0 aliphatic rings. The summed E-state index contributed by atoms with van der Waals surface area (Å²) in [6.45, 7) is 0. The Morgan fingerprint density at radius 3 is 2.50 bits per heavy atom. The van der Waals surface area contributed by atoms with E-state index in [4.69, 9.17) is 10.8 Å². The second-order valence-corrected chi connectivity index (χ2v) is 4.71. The van der Waals surface area contributed by atoms with Crippen LogP contribution >= 0.6 is 11.8 Å². The first-order chi connectivity index (χ1) is 8.58. The van der Waals surface area contributed by atoms with Gasteiger partial charge in [0.2, 0.25) is 0 Å². The molecule has 0 unspecified atom stereocenters. The van der Waals surface area contributed by atoms with Crippen LogP contribution in [0.15, 0.2) is 52.3 Å². The number of carboxylic acid groups (broad SMARTS) is 1. The van der Waals surface area contributed by atoms with E-state index < -0.39 is 17.3 Å². The summed E-state index contributed by atoms with van der Waals surface area (Å²) in [7, 11) is 0. The summed E-state index contributed by atoms with van der Waals surface area (Å²) in [6, 6.07) is 11.6. The average molecular weight is 263 g/mol. The van der Waals surface area contributed by atoms with E-state index in [0.717, 1.165) is 17.0 Å². The van der Waals surface area contributed by atoms with Gasteiger partial charge in [-0.25, -0.2) is 9.18 Å². The minimum atomic E-state index is -1.32. The molecule has 18 heavy (non-hydrogen) atoms. The molecule has 0 aliphatic heterocycles. The molecule has 0 heterocycles. The number of benzene rings is 2. The van der Waals surface area contributed by atoms with Crippen LogP contribution in [0.3, 0.4) is 0 Å². The summed E-state index contributed by atoms with van der Waals surface area (Å²) in [5, 5.41) is 8.77. The van der Waals surface area contributed by atoms with Crippen LogP contribution in [0.2, 0.25) is 0 Å². The molecule has 2 rings (SSSR count). The zero-order chi connectivity index (χ0) is 13.1. The van der Waals surface area contributed by atoms with Gasteiger partial charge in [0.25, 0.3) is 0 Å². The summed E-state index contributed by atoms with van der Waals surface area (Å²) < 4.78 is 13.5. The van der Waals surface area contributed by atoms with E-state index in [1.807, 2.05) is 30.3 Å². The lowest BCUT2D eigenvalue weighted by molar-refractivity contribution is 0.0692. The highest BCUT2D eigenvalue weighted by molar-refractivity contribution is 7.99. The van der Waals surface area contributed by atoms with Gasteiger partial charge < -0.3 is 10.8 Å². The molecule has 0 bridgehead atoms. The largest absolute Gasteiger partial charge is 0.478 e. The van der Waals surface area contributed by atoms with Gasteiger partial charge in [-0.05, 0) is 24.3 Å². The zero-order valence-corrected chi connectivity index (χ0v) is 10.1. The Bertz CT molecular complexity index is 587. The topological polar surface area (TPSA) is 63.3 Å². The van der Waals surface area contributed by atoms with Crippen molar-refractivity contribution in [3.8, 4) is 0 Å². The van der Waals surface area contributed by atoms with Crippen molar-refractivity contribution >= 4 is 23.4 Å². The van der Waals surface area contributed by atoms with Crippen LogP contribution in [0.25, 0.3) is 0 Å². The minimum Gasteiger partial charge on any atom is -0.478 e. The van der Waals surface area contributed by atoms with Gasteiger partial charge in [-0.3, -0.25) is 0 Å². The molecule has 2 aromatic rings. The normalized spacial score (nSPS) is 10.3. The Labute approximate surface area is 107 Å². The lowest BCUT2D eigenvalue weighted by Crippen LogP contribution is -2.03. The molecule has 0 amide bonds. The van der Waals surface area contributed by atoms with Crippen LogP contribution in [0.4, 0.5) is 10.1 Å². The van der Waals surface area contributed by atoms with Crippen molar-refractivity contribution in [3.05, 3.63) is 53.8 Å². The average Bonchev–Trinajstić information content (AvgIpc) is 2.34. The molecule has 0 aromatic heterocycles. The maximum Gasteiger partial charge on any atom is 0.338 e. The fourth-order valence-corrected chi connectivity index (χ4v) is 2.33. The van der Waals surface area contributed by atoms with Crippen LogP contribution in [0.5, 0.6) is 0 Å². The quantitative estimate of drug-likeness (QED) is 0.834. The van der Waals surface area contributed by atoms with Gasteiger partial charge in [0, 0.05) is 15.5 Å². The molecular formula is C13H10FNO2S. The molecule has 0 saturated heterocycles. The summed E-state index contributed by atoms with van der Waals surface area (Å²) in [4.78, 5) is 12.2. The Kier molecular flexibility index (Phi) is 3.53. The Balaban J connectivity index is 2.35. The molecule has 0 atom stereocenters. The zero-order valence-electron chi connectivity index (χ0n) is 9.26. The number of carboxylic acids is 1. The van der Waals surface area contributed by atoms with E-state index in [-0.39, 0.29) is 5.69 Å². The summed E-state index contributed by atoms with van der Waals surface area (Å²) in [6.07, 6.45) is 0. The highest BCUT2D eigenvalue weighted by Gasteiger charge is 2.14. The third-order valence-corrected chi connectivity index (χ3v) is 3.38. The summed E-state index contributed by atoms with van der Waals surface area (Å²) >= 11 is 1.29. The lowest BCUT2D eigenvalue weighted by Gasteiger charge is -2.07. The van der Waals surface area contributed by atoms with Crippen molar-refractivity contribution in [2.45, 2.75) is 9.79 Å². The highest BCUT2D eigenvalue weighted by atomic mass is 32.2.